The Labute approximate surface area is 179 Å². The zero-order valence-electron chi connectivity index (χ0n) is 16.4. The predicted octanol–water partition coefficient (Wildman–Crippen LogP) is 4.19. The lowest BCUT2D eigenvalue weighted by Crippen LogP contribution is -2.41. The Morgan fingerprint density at radius 2 is 1.93 bits per heavy atom. The molecule has 2 amide bonds. The molecule has 1 fully saturated rings. The molecule has 29 heavy (non-hydrogen) atoms. The Morgan fingerprint density at radius 3 is 2.62 bits per heavy atom. The van der Waals surface area contributed by atoms with E-state index in [1.165, 1.54) is 6.33 Å². The number of rotatable bonds is 3. The Morgan fingerprint density at radius 1 is 1.17 bits per heavy atom. The number of nitrogens with one attached hydrogen (secondary N) is 1. The number of alkyl carbamates (subject to hydrolysis) is 1. The van der Waals surface area contributed by atoms with Crippen molar-refractivity contribution < 1.29 is 14.3 Å². The number of benzene rings is 1. The molecule has 7 nitrogen and oxygen atoms in total. The quantitative estimate of drug-likeness (QED) is 0.779. The summed E-state index contributed by atoms with van der Waals surface area (Å²) in [6, 6.07) is 6.61. The van der Waals surface area contributed by atoms with Gasteiger partial charge in [-0.05, 0) is 45.4 Å². The van der Waals surface area contributed by atoms with E-state index in [0.717, 1.165) is 5.56 Å². The van der Waals surface area contributed by atoms with Gasteiger partial charge in [0, 0.05) is 18.7 Å². The van der Waals surface area contributed by atoms with Crippen molar-refractivity contribution in [3.8, 4) is 11.3 Å². The zero-order chi connectivity index (χ0) is 21.2. The Balaban J connectivity index is 1.67. The fraction of sp³-hybridized carbons (Fsp3) is 0.400. The number of carbonyl (C=O) groups is 2. The molecule has 0 bridgehead atoms. The molecule has 2 aromatic rings. The van der Waals surface area contributed by atoms with Crippen LogP contribution in [0.5, 0.6) is 0 Å². The highest BCUT2D eigenvalue weighted by atomic mass is 35.5. The molecule has 0 saturated carbocycles. The molecular formula is C20H22Cl2N4O3. The summed E-state index contributed by atoms with van der Waals surface area (Å²) in [7, 11) is 0. The maximum Gasteiger partial charge on any atom is 0.407 e. The Bertz CT molecular complexity index is 930. The molecule has 0 unspecified atom stereocenters. The van der Waals surface area contributed by atoms with Crippen LogP contribution in [0.1, 0.15) is 37.7 Å². The number of ether oxygens (including phenoxy) is 1. The van der Waals surface area contributed by atoms with Gasteiger partial charge in [0.25, 0.3) is 5.91 Å². The first-order valence-electron chi connectivity index (χ1n) is 9.18. The minimum Gasteiger partial charge on any atom is -0.444 e. The number of nitrogens with zero attached hydrogens (tertiary/aromatic N) is 3. The fourth-order valence-electron chi connectivity index (χ4n) is 2.99. The summed E-state index contributed by atoms with van der Waals surface area (Å²) in [5.74, 6) is -0.220. The van der Waals surface area contributed by atoms with Gasteiger partial charge in [-0.25, -0.2) is 14.8 Å². The second-order valence-electron chi connectivity index (χ2n) is 7.80. The van der Waals surface area contributed by atoms with Crippen LogP contribution in [0, 0.1) is 0 Å². The van der Waals surface area contributed by atoms with Gasteiger partial charge in [0.05, 0.1) is 21.8 Å². The van der Waals surface area contributed by atoms with Crippen molar-refractivity contribution in [2.45, 2.75) is 38.8 Å². The molecule has 0 radical (unpaired) electrons. The maximum atomic E-state index is 12.9. The minimum absolute atomic E-state index is 0.162. The average molecular weight is 437 g/mol. The molecular weight excluding hydrogens is 415 g/mol. The van der Waals surface area contributed by atoms with E-state index >= 15 is 0 Å². The standard InChI is InChI=1S/C20H22Cl2N4O3/c1-20(2,3)29-19(28)25-13-6-7-26(10-13)18(27)17-9-16(23-11-24-17)12-4-5-14(21)15(22)8-12/h4-5,8-9,11,13H,6-7,10H2,1-3H3,(H,25,28)/t13-/m0/s1. The summed E-state index contributed by atoms with van der Waals surface area (Å²) < 4.78 is 5.27. The van der Waals surface area contributed by atoms with Gasteiger partial charge < -0.3 is 15.0 Å². The maximum absolute atomic E-state index is 12.9. The largest absolute Gasteiger partial charge is 0.444 e. The molecule has 1 aromatic heterocycles. The highest BCUT2D eigenvalue weighted by Crippen LogP contribution is 2.27. The van der Waals surface area contributed by atoms with E-state index in [0.29, 0.717) is 35.2 Å². The number of likely N-dealkylation sites (tertiary alicyclic amines) is 1. The molecule has 3 rings (SSSR count). The first-order valence-corrected chi connectivity index (χ1v) is 9.94. The number of hydrogen-bond acceptors (Lipinski definition) is 5. The van der Waals surface area contributed by atoms with Crippen LogP contribution in [0.25, 0.3) is 11.3 Å². The van der Waals surface area contributed by atoms with Crippen LogP contribution < -0.4 is 5.32 Å². The molecule has 0 aliphatic carbocycles. The van der Waals surface area contributed by atoms with Crippen molar-refractivity contribution in [2.24, 2.45) is 0 Å². The Hall–Kier alpha value is -2.38. The lowest BCUT2D eigenvalue weighted by atomic mass is 10.1. The summed E-state index contributed by atoms with van der Waals surface area (Å²) in [4.78, 5) is 34.8. The summed E-state index contributed by atoms with van der Waals surface area (Å²) in [5, 5.41) is 3.66. The van der Waals surface area contributed by atoms with Gasteiger partial charge in [0.2, 0.25) is 0 Å². The van der Waals surface area contributed by atoms with Gasteiger partial charge in [-0.2, -0.15) is 0 Å². The summed E-state index contributed by atoms with van der Waals surface area (Å²) in [5.41, 5.74) is 1.02. The third-order valence-electron chi connectivity index (χ3n) is 4.30. The average Bonchev–Trinajstić information content (AvgIpc) is 3.10. The third-order valence-corrected chi connectivity index (χ3v) is 5.04. The van der Waals surface area contributed by atoms with Gasteiger partial charge in [-0.15, -0.1) is 0 Å². The number of carbonyl (C=O) groups excluding carboxylic acids is 2. The molecule has 154 valence electrons. The number of hydrogen-bond donors (Lipinski definition) is 1. The van der Waals surface area contributed by atoms with Crippen LogP contribution in [0.2, 0.25) is 10.0 Å². The molecule has 1 N–H and O–H groups in total. The van der Waals surface area contributed by atoms with Gasteiger partial charge >= 0.3 is 6.09 Å². The minimum atomic E-state index is -0.569. The second kappa shape index (κ2) is 8.55. The van der Waals surface area contributed by atoms with E-state index in [1.807, 2.05) is 0 Å². The summed E-state index contributed by atoms with van der Waals surface area (Å²) >= 11 is 12.0. The second-order valence-corrected chi connectivity index (χ2v) is 8.61. The molecule has 2 heterocycles. The molecule has 1 aliphatic heterocycles. The lowest BCUT2D eigenvalue weighted by Gasteiger charge is -2.22. The van der Waals surface area contributed by atoms with Gasteiger partial charge in [-0.3, -0.25) is 4.79 Å². The van der Waals surface area contributed by atoms with Crippen LogP contribution in [-0.2, 0) is 4.74 Å². The zero-order valence-corrected chi connectivity index (χ0v) is 17.9. The molecule has 0 spiro atoms. The first kappa shape index (κ1) is 21.3. The molecule has 1 atom stereocenters. The smallest absolute Gasteiger partial charge is 0.407 e. The summed E-state index contributed by atoms with van der Waals surface area (Å²) in [6.07, 6.45) is 1.51. The highest BCUT2D eigenvalue weighted by Gasteiger charge is 2.30. The lowest BCUT2D eigenvalue weighted by molar-refractivity contribution is 0.0502. The molecule has 1 saturated heterocycles. The van der Waals surface area contributed by atoms with Gasteiger partial charge in [0.15, 0.2) is 0 Å². The summed E-state index contributed by atoms with van der Waals surface area (Å²) in [6.45, 7) is 6.32. The van der Waals surface area contributed by atoms with Gasteiger partial charge in [0.1, 0.15) is 17.6 Å². The SMILES string of the molecule is CC(C)(C)OC(=O)N[C@H]1CCN(C(=O)c2cc(-c3ccc(Cl)c(Cl)c3)ncn2)C1. The van der Waals surface area contributed by atoms with E-state index in [1.54, 1.807) is 49.9 Å². The van der Waals surface area contributed by atoms with Crippen LogP contribution in [0.3, 0.4) is 0 Å². The number of amides is 2. The van der Waals surface area contributed by atoms with Crippen molar-refractivity contribution in [3.63, 3.8) is 0 Å². The number of aromatic nitrogens is 2. The molecule has 1 aromatic carbocycles. The third kappa shape index (κ3) is 5.58. The van der Waals surface area contributed by atoms with Crippen molar-refractivity contribution in [2.75, 3.05) is 13.1 Å². The molecule has 1 aliphatic rings. The molecule has 9 heteroatoms. The predicted molar refractivity (Wildman–Crippen MR) is 111 cm³/mol. The fourth-order valence-corrected chi connectivity index (χ4v) is 3.28. The van der Waals surface area contributed by atoms with E-state index in [2.05, 4.69) is 15.3 Å². The van der Waals surface area contributed by atoms with Crippen molar-refractivity contribution >= 4 is 35.2 Å². The van der Waals surface area contributed by atoms with Gasteiger partial charge in [-0.1, -0.05) is 29.3 Å². The topological polar surface area (TPSA) is 84.4 Å². The normalized spacial score (nSPS) is 16.6. The van der Waals surface area contributed by atoms with E-state index in [4.69, 9.17) is 27.9 Å². The van der Waals surface area contributed by atoms with Crippen LogP contribution in [0.15, 0.2) is 30.6 Å². The van der Waals surface area contributed by atoms with Crippen molar-refractivity contribution in [3.05, 3.63) is 46.3 Å². The monoisotopic (exact) mass is 436 g/mol. The van der Waals surface area contributed by atoms with E-state index < -0.39 is 11.7 Å². The van der Waals surface area contributed by atoms with E-state index in [9.17, 15) is 9.59 Å². The number of halogens is 2. The Kier molecular flexibility index (Phi) is 6.29. The van der Waals surface area contributed by atoms with Crippen molar-refractivity contribution in [1.29, 1.82) is 0 Å². The first-order chi connectivity index (χ1) is 13.6. The van der Waals surface area contributed by atoms with Crippen LogP contribution >= 0.6 is 23.2 Å². The van der Waals surface area contributed by atoms with Crippen LogP contribution in [-0.4, -0.2) is 51.6 Å². The van der Waals surface area contributed by atoms with Crippen molar-refractivity contribution in [1.82, 2.24) is 20.2 Å². The van der Waals surface area contributed by atoms with Crippen LogP contribution in [0.4, 0.5) is 4.79 Å². The van der Waals surface area contributed by atoms with E-state index in [-0.39, 0.29) is 17.6 Å². The highest BCUT2D eigenvalue weighted by molar-refractivity contribution is 6.42.